The van der Waals surface area contributed by atoms with Crippen LogP contribution in [0.3, 0.4) is 0 Å². The van der Waals surface area contributed by atoms with Gasteiger partial charge in [0.1, 0.15) is 0 Å². The first-order valence-corrected chi connectivity index (χ1v) is 5.45. The van der Waals surface area contributed by atoms with Crippen LogP contribution in [0.5, 0.6) is 0 Å². The number of nitrogen functional groups attached to an aromatic ring is 1. The van der Waals surface area contributed by atoms with Crippen molar-refractivity contribution in [3.05, 3.63) is 22.2 Å². The lowest BCUT2D eigenvalue weighted by molar-refractivity contribution is -0.131. The van der Waals surface area contributed by atoms with Gasteiger partial charge in [-0.1, -0.05) is 0 Å². The monoisotopic (exact) mass is 296 g/mol. The zero-order valence-corrected chi connectivity index (χ0v) is 10.2. The molecule has 2 nitrogen and oxygen atoms in total. The molecule has 0 fully saturated rings. The lowest BCUT2D eigenvalue weighted by Gasteiger charge is -2.12. The smallest absolute Gasteiger partial charge is 0.390 e. The number of nitrogens with one attached hydrogen (secondary N) is 1. The summed E-state index contributed by atoms with van der Waals surface area (Å²) in [4.78, 5) is 0. The van der Waals surface area contributed by atoms with Crippen LogP contribution in [0.15, 0.2) is 16.6 Å². The van der Waals surface area contributed by atoms with E-state index < -0.39 is 12.6 Å². The first-order valence-electron chi connectivity index (χ1n) is 4.66. The van der Waals surface area contributed by atoms with Crippen molar-refractivity contribution in [3.8, 4) is 0 Å². The van der Waals surface area contributed by atoms with Gasteiger partial charge in [0.15, 0.2) is 0 Å². The van der Waals surface area contributed by atoms with Gasteiger partial charge >= 0.3 is 6.18 Å². The summed E-state index contributed by atoms with van der Waals surface area (Å²) in [7, 11) is 0. The van der Waals surface area contributed by atoms with Crippen LogP contribution < -0.4 is 11.1 Å². The van der Waals surface area contributed by atoms with Crippen molar-refractivity contribution >= 4 is 27.3 Å². The number of aryl methyl sites for hydroxylation is 1. The molecule has 0 unspecified atom stereocenters. The second kappa shape index (κ2) is 4.95. The molecular weight excluding hydrogens is 285 g/mol. The second-order valence-electron chi connectivity index (χ2n) is 3.48. The molecule has 6 heteroatoms. The van der Waals surface area contributed by atoms with Crippen LogP contribution in [0, 0.1) is 6.92 Å². The Morgan fingerprint density at radius 1 is 1.38 bits per heavy atom. The van der Waals surface area contributed by atoms with Crippen LogP contribution in [-0.2, 0) is 0 Å². The van der Waals surface area contributed by atoms with Crippen molar-refractivity contribution in [2.24, 2.45) is 0 Å². The van der Waals surface area contributed by atoms with Crippen molar-refractivity contribution < 1.29 is 13.2 Å². The van der Waals surface area contributed by atoms with E-state index in [1.807, 2.05) is 0 Å². The number of rotatable bonds is 3. The Morgan fingerprint density at radius 3 is 2.56 bits per heavy atom. The molecule has 0 heterocycles. The lowest BCUT2D eigenvalue weighted by atomic mass is 10.2. The van der Waals surface area contributed by atoms with E-state index in [1.54, 1.807) is 19.1 Å². The summed E-state index contributed by atoms with van der Waals surface area (Å²) in [5, 5.41) is 2.72. The average molecular weight is 297 g/mol. The number of anilines is 2. The normalized spacial score (nSPS) is 11.6. The predicted octanol–water partition coefficient (Wildman–Crippen LogP) is 3.70. The number of benzene rings is 1. The van der Waals surface area contributed by atoms with Crippen LogP contribution in [0.1, 0.15) is 12.0 Å². The molecule has 0 saturated heterocycles. The highest BCUT2D eigenvalue weighted by molar-refractivity contribution is 9.10. The third-order valence-corrected chi connectivity index (χ3v) is 2.74. The van der Waals surface area contributed by atoms with E-state index in [0.29, 0.717) is 15.8 Å². The fraction of sp³-hybridized carbons (Fsp3) is 0.400. The van der Waals surface area contributed by atoms with Gasteiger partial charge in [-0.25, -0.2) is 0 Å². The van der Waals surface area contributed by atoms with Crippen molar-refractivity contribution in [2.45, 2.75) is 19.5 Å². The predicted molar refractivity (Wildman–Crippen MR) is 62.5 cm³/mol. The maximum Gasteiger partial charge on any atom is 0.390 e. The first kappa shape index (κ1) is 13.2. The fourth-order valence-electron chi connectivity index (χ4n) is 1.17. The molecular formula is C10H12BrF3N2. The maximum absolute atomic E-state index is 11.9. The molecule has 0 atom stereocenters. The van der Waals surface area contributed by atoms with Gasteiger partial charge in [0, 0.05) is 22.4 Å². The van der Waals surface area contributed by atoms with Gasteiger partial charge in [-0.15, -0.1) is 0 Å². The number of alkyl halides is 3. The van der Waals surface area contributed by atoms with E-state index in [-0.39, 0.29) is 6.54 Å². The van der Waals surface area contributed by atoms with Crippen molar-refractivity contribution in [1.29, 1.82) is 0 Å². The van der Waals surface area contributed by atoms with Crippen LogP contribution >= 0.6 is 15.9 Å². The van der Waals surface area contributed by atoms with Gasteiger partial charge in [-0.3, -0.25) is 0 Å². The molecule has 16 heavy (non-hydrogen) atoms. The molecule has 3 N–H and O–H groups in total. The van der Waals surface area contributed by atoms with Crippen molar-refractivity contribution in [2.75, 3.05) is 17.6 Å². The summed E-state index contributed by atoms with van der Waals surface area (Å²) in [6.07, 6.45) is -4.99. The first-order chi connectivity index (χ1) is 7.29. The average Bonchev–Trinajstić information content (AvgIpc) is 2.11. The molecule has 1 rings (SSSR count). The van der Waals surface area contributed by atoms with Gasteiger partial charge < -0.3 is 11.1 Å². The fourth-order valence-corrected chi connectivity index (χ4v) is 1.67. The van der Waals surface area contributed by atoms with Crippen LogP contribution in [-0.4, -0.2) is 12.7 Å². The summed E-state index contributed by atoms with van der Waals surface area (Å²) < 4.78 is 36.5. The minimum Gasteiger partial charge on any atom is -0.398 e. The zero-order valence-electron chi connectivity index (χ0n) is 8.66. The number of hydrogen-bond donors (Lipinski definition) is 2. The van der Waals surface area contributed by atoms with Crippen molar-refractivity contribution in [1.82, 2.24) is 0 Å². The molecule has 1 aromatic rings. The zero-order chi connectivity index (χ0) is 12.3. The van der Waals surface area contributed by atoms with E-state index >= 15 is 0 Å². The summed E-state index contributed by atoms with van der Waals surface area (Å²) >= 11 is 3.24. The minimum atomic E-state index is -4.14. The Balaban J connectivity index is 2.64. The third kappa shape index (κ3) is 3.92. The highest BCUT2D eigenvalue weighted by Crippen LogP contribution is 2.28. The lowest BCUT2D eigenvalue weighted by Crippen LogP contribution is -2.14. The molecule has 0 aromatic heterocycles. The van der Waals surface area contributed by atoms with Crippen LogP contribution in [0.25, 0.3) is 0 Å². The standard InChI is InChI=1S/C10H12BrF3N2/c1-6-4-9(7(11)5-8(6)15)16-3-2-10(12,13)14/h4-5,16H,2-3,15H2,1H3. The van der Waals surface area contributed by atoms with E-state index in [2.05, 4.69) is 21.2 Å². The molecule has 1 aromatic carbocycles. The molecule has 90 valence electrons. The van der Waals surface area contributed by atoms with Crippen LogP contribution in [0.4, 0.5) is 24.5 Å². The summed E-state index contributed by atoms with van der Waals surface area (Å²) in [6, 6.07) is 3.39. The Labute approximate surface area is 100 Å². The topological polar surface area (TPSA) is 38.0 Å². The molecule has 0 aliphatic rings. The molecule has 0 aliphatic heterocycles. The number of hydrogen-bond acceptors (Lipinski definition) is 2. The molecule has 0 saturated carbocycles. The second-order valence-corrected chi connectivity index (χ2v) is 4.33. The Morgan fingerprint density at radius 2 is 2.00 bits per heavy atom. The highest BCUT2D eigenvalue weighted by Gasteiger charge is 2.26. The molecule has 0 amide bonds. The number of halogens is 4. The highest BCUT2D eigenvalue weighted by atomic mass is 79.9. The number of nitrogens with two attached hydrogens (primary N) is 1. The Kier molecular flexibility index (Phi) is 4.07. The van der Waals surface area contributed by atoms with E-state index in [9.17, 15) is 13.2 Å². The largest absolute Gasteiger partial charge is 0.398 e. The Bertz CT molecular complexity index is 377. The maximum atomic E-state index is 11.9. The SMILES string of the molecule is Cc1cc(NCCC(F)(F)F)c(Br)cc1N. The van der Waals surface area contributed by atoms with Crippen LogP contribution in [0.2, 0.25) is 0 Å². The van der Waals surface area contributed by atoms with Gasteiger partial charge in [0.25, 0.3) is 0 Å². The summed E-state index contributed by atoms with van der Waals surface area (Å²) in [5.41, 5.74) is 7.71. The third-order valence-electron chi connectivity index (χ3n) is 2.08. The Hall–Kier alpha value is -0.910. The molecule has 0 bridgehead atoms. The molecule has 0 spiro atoms. The van der Waals surface area contributed by atoms with Gasteiger partial charge in [-0.05, 0) is 40.5 Å². The van der Waals surface area contributed by atoms with Crippen molar-refractivity contribution in [3.63, 3.8) is 0 Å². The molecule has 0 radical (unpaired) electrons. The van der Waals surface area contributed by atoms with E-state index in [4.69, 9.17) is 5.73 Å². The van der Waals surface area contributed by atoms with Gasteiger partial charge in [0.05, 0.1) is 6.42 Å². The van der Waals surface area contributed by atoms with Gasteiger partial charge in [0.2, 0.25) is 0 Å². The minimum absolute atomic E-state index is 0.147. The van der Waals surface area contributed by atoms with E-state index in [0.717, 1.165) is 5.56 Å². The summed E-state index contributed by atoms with van der Waals surface area (Å²) in [5.74, 6) is 0. The summed E-state index contributed by atoms with van der Waals surface area (Å²) in [6.45, 7) is 1.65. The van der Waals surface area contributed by atoms with Gasteiger partial charge in [-0.2, -0.15) is 13.2 Å². The quantitative estimate of drug-likeness (QED) is 0.835. The molecule has 0 aliphatic carbocycles. The van der Waals surface area contributed by atoms with E-state index in [1.165, 1.54) is 0 Å².